The van der Waals surface area contributed by atoms with Crippen molar-refractivity contribution >= 4 is 34.5 Å². The summed E-state index contributed by atoms with van der Waals surface area (Å²) in [5.41, 5.74) is 3.68. The van der Waals surface area contributed by atoms with Crippen LogP contribution in [-0.2, 0) is 6.42 Å². The Morgan fingerprint density at radius 1 is 1.21 bits per heavy atom. The molecule has 1 aromatic heterocycles. The van der Waals surface area contributed by atoms with Gasteiger partial charge in [-0.05, 0) is 31.5 Å². The Morgan fingerprint density at radius 2 is 1.89 bits per heavy atom. The van der Waals surface area contributed by atoms with Crippen molar-refractivity contribution in [3.63, 3.8) is 0 Å². The van der Waals surface area contributed by atoms with Crippen molar-refractivity contribution in [2.75, 3.05) is 6.54 Å². The summed E-state index contributed by atoms with van der Waals surface area (Å²) in [6.07, 6.45) is 0.918. The number of aryl methyl sites for hydroxylation is 1. The molecule has 0 saturated heterocycles. The van der Waals surface area contributed by atoms with Crippen LogP contribution in [0.15, 0.2) is 30.3 Å². The van der Waals surface area contributed by atoms with E-state index in [0.717, 1.165) is 27.2 Å². The van der Waals surface area contributed by atoms with E-state index in [1.54, 1.807) is 0 Å². The van der Waals surface area contributed by atoms with Crippen LogP contribution in [0.1, 0.15) is 29.7 Å². The van der Waals surface area contributed by atoms with Crippen molar-refractivity contribution in [1.29, 1.82) is 0 Å². The Bertz CT molecular complexity index is 534. The molecule has 1 nitrogen and oxygen atoms in total. The number of nitrogens with one attached hydrogen (secondary N) is 1. The van der Waals surface area contributed by atoms with Gasteiger partial charge in [0.05, 0.1) is 8.67 Å². The molecule has 0 aliphatic rings. The van der Waals surface area contributed by atoms with Gasteiger partial charge in [0.15, 0.2) is 0 Å². The lowest BCUT2D eigenvalue weighted by Gasteiger charge is -2.17. The van der Waals surface area contributed by atoms with Crippen LogP contribution in [-0.4, -0.2) is 6.54 Å². The standard InChI is InChI=1S/C15H17Cl2NS/c1-3-18-13(12-9-14(16)19-15(12)17)8-11-6-4-10(2)5-7-11/h4-7,9,13,18H,3,8H2,1-2H3. The molecule has 2 aromatic rings. The lowest BCUT2D eigenvalue weighted by Crippen LogP contribution is -2.22. The minimum Gasteiger partial charge on any atom is -0.310 e. The molecule has 4 heteroatoms. The van der Waals surface area contributed by atoms with Crippen molar-refractivity contribution in [2.24, 2.45) is 0 Å². The molecule has 0 aliphatic heterocycles. The molecular formula is C15H17Cl2NS. The predicted molar refractivity (Wildman–Crippen MR) is 85.6 cm³/mol. The topological polar surface area (TPSA) is 12.0 Å². The zero-order chi connectivity index (χ0) is 13.8. The van der Waals surface area contributed by atoms with Gasteiger partial charge in [-0.3, -0.25) is 0 Å². The third kappa shape index (κ3) is 3.96. The second kappa shape index (κ2) is 6.76. The summed E-state index contributed by atoms with van der Waals surface area (Å²) in [6, 6.07) is 10.8. The summed E-state index contributed by atoms with van der Waals surface area (Å²) < 4.78 is 1.52. The number of halogens is 2. The van der Waals surface area contributed by atoms with E-state index in [4.69, 9.17) is 23.2 Å². The summed E-state index contributed by atoms with van der Waals surface area (Å²) in [6.45, 7) is 5.10. The maximum absolute atomic E-state index is 6.26. The summed E-state index contributed by atoms with van der Waals surface area (Å²) in [5.74, 6) is 0. The molecule has 19 heavy (non-hydrogen) atoms. The van der Waals surface area contributed by atoms with E-state index in [2.05, 4.69) is 43.4 Å². The average Bonchev–Trinajstić information content (AvgIpc) is 2.71. The van der Waals surface area contributed by atoms with Gasteiger partial charge in [-0.2, -0.15) is 0 Å². The van der Waals surface area contributed by atoms with Crippen LogP contribution in [0.4, 0.5) is 0 Å². The van der Waals surface area contributed by atoms with Crippen molar-refractivity contribution in [3.8, 4) is 0 Å². The number of thiophene rings is 1. The number of hydrogen-bond acceptors (Lipinski definition) is 2. The highest BCUT2D eigenvalue weighted by atomic mass is 35.5. The van der Waals surface area contributed by atoms with Crippen LogP contribution >= 0.6 is 34.5 Å². The van der Waals surface area contributed by atoms with Crippen molar-refractivity contribution in [2.45, 2.75) is 26.3 Å². The molecule has 0 spiro atoms. The molecule has 1 heterocycles. The lowest BCUT2D eigenvalue weighted by atomic mass is 10.0. The molecule has 1 aromatic carbocycles. The van der Waals surface area contributed by atoms with E-state index in [1.807, 2.05) is 6.07 Å². The maximum atomic E-state index is 6.26. The summed E-state index contributed by atoms with van der Waals surface area (Å²) in [5, 5.41) is 3.48. The molecular weight excluding hydrogens is 297 g/mol. The van der Waals surface area contributed by atoms with E-state index in [9.17, 15) is 0 Å². The second-order valence-electron chi connectivity index (χ2n) is 4.58. The zero-order valence-electron chi connectivity index (χ0n) is 11.0. The van der Waals surface area contributed by atoms with E-state index in [-0.39, 0.29) is 6.04 Å². The summed E-state index contributed by atoms with van der Waals surface area (Å²) in [7, 11) is 0. The first-order valence-corrected chi connectivity index (χ1v) is 7.91. The first-order valence-electron chi connectivity index (χ1n) is 6.33. The highest BCUT2D eigenvalue weighted by molar-refractivity contribution is 7.20. The van der Waals surface area contributed by atoms with Gasteiger partial charge >= 0.3 is 0 Å². The number of rotatable bonds is 5. The Hall–Kier alpha value is -0.540. The first kappa shape index (κ1) is 14.9. The molecule has 0 fully saturated rings. The molecule has 0 radical (unpaired) electrons. The zero-order valence-corrected chi connectivity index (χ0v) is 13.4. The van der Waals surface area contributed by atoms with Gasteiger partial charge in [0.25, 0.3) is 0 Å². The minimum atomic E-state index is 0.212. The fraction of sp³-hybridized carbons (Fsp3) is 0.333. The molecule has 0 amide bonds. The van der Waals surface area contributed by atoms with Gasteiger partial charge in [0, 0.05) is 11.6 Å². The molecule has 1 unspecified atom stereocenters. The largest absolute Gasteiger partial charge is 0.310 e. The number of benzene rings is 1. The third-order valence-corrected chi connectivity index (χ3v) is 4.59. The van der Waals surface area contributed by atoms with Crippen LogP contribution in [0.3, 0.4) is 0 Å². The average molecular weight is 314 g/mol. The van der Waals surface area contributed by atoms with Gasteiger partial charge in [0.1, 0.15) is 0 Å². The first-order chi connectivity index (χ1) is 9.10. The van der Waals surface area contributed by atoms with E-state index in [1.165, 1.54) is 22.5 Å². The Labute approximate surface area is 128 Å². The van der Waals surface area contributed by atoms with Gasteiger partial charge in [-0.15, -0.1) is 11.3 Å². The molecule has 0 aliphatic carbocycles. The van der Waals surface area contributed by atoms with Gasteiger partial charge < -0.3 is 5.32 Å². The van der Waals surface area contributed by atoms with Gasteiger partial charge in [0.2, 0.25) is 0 Å². The fourth-order valence-corrected chi connectivity index (χ4v) is 3.67. The number of hydrogen-bond donors (Lipinski definition) is 1. The predicted octanol–water partition coefficient (Wildman–Crippen LogP) is 5.26. The summed E-state index contributed by atoms with van der Waals surface area (Å²) >= 11 is 13.7. The van der Waals surface area contributed by atoms with Crippen molar-refractivity contribution in [1.82, 2.24) is 5.32 Å². The van der Waals surface area contributed by atoms with E-state index in [0.29, 0.717) is 0 Å². The molecule has 1 atom stereocenters. The molecule has 2 rings (SSSR count). The number of likely N-dealkylation sites (N-methyl/N-ethyl adjacent to an activating group) is 1. The van der Waals surface area contributed by atoms with E-state index < -0.39 is 0 Å². The highest BCUT2D eigenvalue weighted by Gasteiger charge is 2.17. The Kier molecular flexibility index (Phi) is 5.28. The monoisotopic (exact) mass is 313 g/mol. The van der Waals surface area contributed by atoms with Crippen LogP contribution in [0, 0.1) is 6.92 Å². The maximum Gasteiger partial charge on any atom is 0.0992 e. The summed E-state index contributed by atoms with van der Waals surface area (Å²) in [4.78, 5) is 0. The fourth-order valence-electron chi connectivity index (χ4n) is 2.09. The van der Waals surface area contributed by atoms with E-state index >= 15 is 0 Å². The molecule has 0 bridgehead atoms. The SMILES string of the molecule is CCNC(Cc1ccc(C)cc1)c1cc(Cl)sc1Cl. The molecule has 102 valence electrons. The normalized spacial score (nSPS) is 12.6. The quantitative estimate of drug-likeness (QED) is 0.794. The Balaban J connectivity index is 2.20. The third-order valence-electron chi connectivity index (χ3n) is 3.07. The van der Waals surface area contributed by atoms with Crippen LogP contribution in [0.25, 0.3) is 0 Å². The van der Waals surface area contributed by atoms with Crippen molar-refractivity contribution < 1.29 is 0 Å². The molecule has 1 N–H and O–H groups in total. The molecule has 0 saturated carbocycles. The van der Waals surface area contributed by atoms with Gasteiger partial charge in [-0.25, -0.2) is 0 Å². The van der Waals surface area contributed by atoms with Crippen LogP contribution in [0.5, 0.6) is 0 Å². The highest BCUT2D eigenvalue weighted by Crippen LogP contribution is 2.36. The smallest absolute Gasteiger partial charge is 0.0992 e. The lowest BCUT2D eigenvalue weighted by molar-refractivity contribution is 0.551. The van der Waals surface area contributed by atoms with Gasteiger partial charge in [-0.1, -0.05) is 60.0 Å². The van der Waals surface area contributed by atoms with Crippen molar-refractivity contribution in [3.05, 3.63) is 55.7 Å². The second-order valence-corrected chi connectivity index (χ2v) is 6.87. The van der Waals surface area contributed by atoms with Crippen LogP contribution in [0.2, 0.25) is 8.67 Å². The Morgan fingerprint density at radius 3 is 2.42 bits per heavy atom. The van der Waals surface area contributed by atoms with Crippen LogP contribution < -0.4 is 5.32 Å². The minimum absolute atomic E-state index is 0.212.